The minimum atomic E-state index is -3.54. The van der Waals surface area contributed by atoms with E-state index in [9.17, 15) is 13.2 Å². The van der Waals surface area contributed by atoms with E-state index >= 15 is 0 Å². The number of ether oxygens (including phenoxy) is 2. The molecule has 3 N–H and O–H groups in total. The Kier molecular flexibility index (Phi) is 9.33. The molecule has 1 aromatic carbocycles. The minimum Gasteiger partial charge on any atom is -0.383 e. The highest BCUT2D eigenvalue weighted by atomic mass is 35.5. The molecule has 1 aliphatic heterocycles. The molecule has 1 amide bonds. The molecule has 1 atom stereocenters. The van der Waals surface area contributed by atoms with E-state index in [1.54, 1.807) is 12.1 Å². The molecule has 8 nitrogen and oxygen atoms in total. The van der Waals surface area contributed by atoms with Gasteiger partial charge >= 0.3 is 0 Å². The van der Waals surface area contributed by atoms with Crippen LogP contribution >= 0.6 is 12.4 Å². The molecular formula is C15H24ClN3O5S. The average Bonchev–Trinajstić information content (AvgIpc) is 2.61. The van der Waals surface area contributed by atoms with Gasteiger partial charge in [-0.2, -0.15) is 0 Å². The maximum atomic E-state index is 12.0. The summed E-state index contributed by atoms with van der Waals surface area (Å²) in [6, 6.07) is 6.36. The molecule has 25 heavy (non-hydrogen) atoms. The van der Waals surface area contributed by atoms with Crippen molar-refractivity contribution in [2.75, 3.05) is 40.0 Å². The Morgan fingerprint density at radius 2 is 2.08 bits per heavy atom. The summed E-state index contributed by atoms with van der Waals surface area (Å²) in [7, 11) is -2.04. The normalized spacial score (nSPS) is 17.6. The maximum Gasteiger partial charge on any atom is 0.250 e. The van der Waals surface area contributed by atoms with Crippen LogP contribution in [0.2, 0.25) is 0 Å². The lowest BCUT2D eigenvalue weighted by Gasteiger charge is -2.22. The van der Waals surface area contributed by atoms with Crippen LogP contribution in [0.15, 0.2) is 29.2 Å². The molecule has 0 saturated carbocycles. The molecule has 142 valence electrons. The van der Waals surface area contributed by atoms with E-state index in [0.717, 1.165) is 12.1 Å². The van der Waals surface area contributed by atoms with E-state index in [-0.39, 0.29) is 29.8 Å². The molecule has 1 aromatic rings. The summed E-state index contributed by atoms with van der Waals surface area (Å²) in [4.78, 5) is 12.1. The lowest BCUT2D eigenvalue weighted by atomic mass is 10.2. The van der Waals surface area contributed by atoms with Crippen LogP contribution in [0.4, 0.5) is 0 Å². The van der Waals surface area contributed by atoms with Crippen LogP contribution in [0.25, 0.3) is 0 Å². The first kappa shape index (κ1) is 21.8. The smallest absolute Gasteiger partial charge is 0.250 e. The third-order valence-corrected chi connectivity index (χ3v) is 5.00. The second-order valence-electron chi connectivity index (χ2n) is 5.32. The quantitative estimate of drug-likeness (QED) is 0.521. The molecule has 1 saturated heterocycles. The molecule has 10 heteroatoms. The lowest BCUT2D eigenvalue weighted by Crippen LogP contribution is -2.47. The van der Waals surface area contributed by atoms with Gasteiger partial charge in [0.1, 0.15) is 6.10 Å². The average molecular weight is 394 g/mol. The number of nitrogens with one attached hydrogen (secondary N) is 3. The molecule has 2 rings (SSSR count). The van der Waals surface area contributed by atoms with Gasteiger partial charge in [0, 0.05) is 33.3 Å². The molecule has 1 unspecified atom stereocenters. The molecule has 1 aliphatic rings. The Bertz CT molecular complexity index is 633. The fourth-order valence-corrected chi connectivity index (χ4v) is 3.20. The van der Waals surface area contributed by atoms with Crippen molar-refractivity contribution in [3.63, 3.8) is 0 Å². The molecule has 0 bridgehead atoms. The molecule has 1 heterocycles. The summed E-state index contributed by atoms with van der Waals surface area (Å²) in [5, 5.41) is 5.87. The van der Waals surface area contributed by atoms with Crippen molar-refractivity contribution in [2.24, 2.45) is 0 Å². The van der Waals surface area contributed by atoms with Crippen LogP contribution in [0.1, 0.15) is 5.56 Å². The van der Waals surface area contributed by atoms with Crippen molar-refractivity contribution in [1.29, 1.82) is 0 Å². The van der Waals surface area contributed by atoms with Crippen molar-refractivity contribution >= 4 is 28.3 Å². The zero-order valence-corrected chi connectivity index (χ0v) is 15.6. The predicted octanol–water partition coefficient (Wildman–Crippen LogP) is -0.362. The van der Waals surface area contributed by atoms with Crippen molar-refractivity contribution < 1.29 is 22.7 Å². The van der Waals surface area contributed by atoms with Gasteiger partial charge in [-0.05, 0) is 17.7 Å². The van der Waals surface area contributed by atoms with Crippen LogP contribution in [0, 0.1) is 0 Å². The summed E-state index contributed by atoms with van der Waals surface area (Å²) >= 11 is 0. The number of carbonyl (C=O) groups excluding carboxylic acids is 1. The zero-order valence-electron chi connectivity index (χ0n) is 14.0. The number of amides is 1. The third kappa shape index (κ3) is 6.89. The molecular weight excluding hydrogens is 370 g/mol. The SMILES string of the molecule is COCCNS(=O)(=O)c1ccc(CNC(=O)C2CNCCO2)cc1.Cl. The van der Waals surface area contributed by atoms with E-state index in [0.29, 0.717) is 26.3 Å². The van der Waals surface area contributed by atoms with Gasteiger partial charge in [0.25, 0.3) is 5.91 Å². The number of methoxy groups -OCH3 is 1. The summed E-state index contributed by atoms with van der Waals surface area (Å²) in [5.41, 5.74) is 0.808. The topological polar surface area (TPSA) is 106 Å². The van der Waals surface area contributed by atoms with Gasteiger partial charge in [0.05, 0.1) is 18.1 Å². The standard InChI is InChI=1S/C15H23N3O5S.ClH/c1-22-8-7-18-24(20,21)13-4-2-12(3-5-13)10-17-15(19)14-11-16-6-9-23-14;/h2-5,14,16,18H,6-11H2,1H3,(H,17,19);1H. The predicted molar refractivity (Wildman–Crippen MR) is 95.2 cm³/mol. The number of carbonyl (C=O) groups is 1. The lowest BCUT2D eigenvalue weighted by molar-refractivity contribution is -0.134. The van der Waals surface area contributed by atoms with Crippen molar-refractivity contribution in [1.82, 2.24) is 15.4 Å². The number of rotatable bonds is 8. The second-order valence-corrected chi connectivity index (χ2v) is 7.08. The highest BCUT2D eigenvalue weighted by Gasteiger charge is 2.21. The molecule has 1 fully saturated rings. The number of morpholine rings is 1. The van der Waals surface area contributed by atoms with Gasteiger partial charge in [-0.15, -0.1) is 12.4 Å². The first-order chi connectivity index (χ1) is 11.5. The zero-order chi connectivity index (χ0) is 17.4. The second kappa shape index (κ2) is 10.7. The monoisotopic (exact) mass is 393 g/mol. The minimum absolute atomic E-state index is 0. The number of hydrogen-bond donors (Lipinski definition) is 3. The Morgan fingerprint density at radius 1 is 1.36 bits per heavy atom. The number of halogens is 1. The van der Waals surface area contributed by atoms with Crippen molar-refractivity contribution in [2.45, 2.75) is 17.5 Å². The Labute approximate surface area is 154 Å². The highest BCUT2D eigenvalue weighted by molar-refractivity contribution is 7.89. The highest BCUT2D eigenvalue weighted by Crippen LogP contribution is 2.10. The summed E-state index contributed by atoms with van der Waals surface area (Å²) in [6.07, 6.45) is -0.483. The van der Waals surface area contributed by atoms with Crippen molar-refractivity contribution in [3.8, 4) is 0 Å². The van der Waals surface area contributed by atoms with Gasteiger partial charge in [-0.3, -0.25) is 4.79 Å². The summed E-state index contributed by atoms with van der Waals surface area (Å²) < 4.78 is 36.7. The van der Waals surface area contributed by atoms with Crippen LogP contribution < -0.4 is 15.4 Å². The van der Waals surface area contributed by atoms with Crippen LogP contribution in [0.5, 0.6) is 0 Å². The van der Waals surface area contributed by atoms with E-state index in [1.807, 2.05) is 0 Å². The third-order valence-electron chi connectivity index (χ3n) is 3.52. The van der Waals surface area contributed by atoms with Gasteiger partial charge in [-0.1, -0.05) is 12.1 Å². The fraction of sp³-hybridized carbons (Fsp3) is 0.533. The molecule has 0 radical (unpaired) electrons. The Balaban J connectivity index is 0.00000312. The van der Waals surface area contributed by atoms with Gasteiger partial charge in [0.15, 0.2) is 0 Å². The molecule has 0 aromatic heterocycles. The van der Waals surface area contributed by atoms with Gasteiger partial charge in [0.2, 0.25) is 10.0 Å². The number of sulfonamides is 1. The largest absolute Gasteiger partial charge is 0.383 e. The number of benzene rings is 1. The van der Waals surface area contributed by atoms with Crippen LogP contribution in [-0.4, -0.2) is 60.4 Å². The summed E-state index contributed by atoms with van der Waals surface area (Å²) in [5.74, 6) is -0.180. The van der Waals surface area contributed by atoms with E-state index in [2.05, 4.69) is 15.4 Å². The Hall–Kier alpha value is -1.23. The Morgan fingerprint density at radius 3 is 2.68 bits per heavy atom. The van der Waals surface area contributed by atoms with Gasteiger partial charge < -0.3 is 20.1 Å². The van der Waals surface area contributed by atoms with Crippen LogP contribution in [-0.2, 0) is 30.8 Å². The first-order valence-corrected chi connectivity index (χ1v) is 9.19. The first-order valence-electron chi connectivity index (χ1n) is 7.70. The molecule has 0 aliphatic carbocycles. The fourth-order valence-electron chi connectivity index (χ4n) is 2.18. The maximum absolute atomic E-state index is 12.0. The van der Waals surface area contributed by atoms with E-state index in [1.165, 1.54) is 19.2 Å². The summed E-state index contributed by atoms with van der Waals surface area (Å²) in [6.45, 7) is 2.60. The van der Waals surface area contributed by atoms with E-state index < -0.39 is 16.1 Å². The number of hydrogen-bond acceptors (Lipinski definition) is 6. The molecule has 0 spiro atoms. The van der Waals surface area contributed by atoms with Gasteiger partial charge in [-0.25, -0.2) is 13.1 Å². The van der Waals surface area contributed by atoms with E-state index in [4.69, 9.17) is 9.47 Å². The van der Waals surface area contributed by atoms with Crippen LogP contribution in [0.3, 0.4) is 0 Å². The van der Waals surface area contributed by atoms with Crippen molar-refractivity contribution in [3.05, 3.63) is 29.8 Å².